The molecule has 3 aliphatic rings. The molecule has 0 aliphatic carbocycles. The molecule has 0 spiro atoms. The fraction of sp³-hybridized carbons (Fsp3) is 0.355. The lowest BCUT2D eigenvalue weighted by Gasteiger charge is -2.47. The Morgan fingerprint density at radius 3 is 2.76 bits per heavy atom. The number of anilines is 1. The summed E-state index contributed by atoms with van der Waals surface area (Å²) in [5.74, 6) is 0.0244. The van der Waals surface area contributed by atoms with Crippen molar-refractivity contribution in [3.63, 3.8) is 0 Å². The molecule has 4 aromatic rings. The SMILES string of the molecule is C=CC(=O)N1CC[C@@H]2[C@H]1CN2c1nc(OCC2CCCN2C)nc2nc(-c3cccc4cccc(Cl)c34)c(F)cc12. The van der Waals surface area contributed by atoms with Gasteiger partial charge in [0.2, 0.25) is 5.91 Å². The number of fused-ring (bicyclic) bond motifs is 3. The quantitative estimate of drug-likeness (QED) is 0.298. The van der Waals surface area contributed by atoms with Crippen molar-refractivity contribution in [3.05, 3.63) is 66.0 Å². The van der Waals surface area contributed by atoms with Crippen molar-refractivity contribution in [3.8, 4) is 17.3 Å². The number of aromatic nitrogens is 3. The van der Waals surface area contributed by atoms with Crippen LogP contribution in [0.1, 0.15) is 19.3 Å². The lowest BCUT2D eigenvalue weighted by Crippen LogP contribution is -2.63. The fourth-order valence-corrected chi connectivity index (χ4v) is 6.86. The van der Waals surface area contributed by atoms with Crippen LogP contribution in [-0.4, -0.2) is 82.1 Å². The molecule has 1 amide bonds. The van der Waals surface area contributed by atoms with Gasteiger partial charge in [-0.2, -0.15) is 9.97 Å². The number of likely N-dealkylation sites (N-methyl/N-ethyl adjacent to an activating group) is 1. The van der Waals surface area contributed by atoms with E-state index >= 15 is 4.39 Å². The highest BCUT2D eigenvalue weighted by Crippen LogP contribution is 2.41. The third kappa shape index (κ3) is 4.38. The minimum absolute atomic E-state index is 0.0666. The lowest BCUT2D eigenvalue weighted by atomic mass is 9.96. The number of benzene rings is 2. The third-order valence-electron chi connectivity index (χ3n) is 8.81. The Kier molecular flexibility index (Phi) is 6.51. The predicted octanol–water partition coefficient (Wildman–Crippen LogP) is 5.09. The zero-order valence-electron chi connectivity index (χ0n) is 22.8. The van der Waals surface area contributed by atoms with Gasteiger partial charge in [0.1, 0.15) is 23.9 Å². The van der Waals surface area contributed by atoms with E-state index in [4.69, 9.17) is 26.3 Å². The maximum absolute atomic E-state index is 15.9. The summed E-state index contributed by atoms with van der Waals surface area (Å²) in [6.07, 6.45) is 4.33. The molecule has 8 nitrogen and oxygen atoms in total. The Morgan fingerprint density at radius 1 is 1.15 bits per heavy atom. The van der Waals surface area contributed by atoms with Gasteiger partial charge in [0.05, 0.1) is 17.5 Å². The molecule has 3 atom stereocenters. The summed E-state index contributed by atoms with van der Waals surface area (Å²) in [7, 11) is 2.09. The summed E-state index contributed by atoms with van der Waals surface area (Å²) >= 11 is 6.57. The monoisotopic (exact) mass is 572 g/mol. The number of ether oxygens (including phenoxy) is 1. The highest BCUT2D eigenvalue weighted by molar-refractivity contribution is 6.36. The molecule has 1 unspecified atom stereocenters. The zero-order chi connectivity index (χ0) is 28.2. The van der Waals surface area contributed by atoms with Crippen molar-refractivity contribution >= 4 is 45.1 Å². The normalized spacial score (nSPS) is 22.3. The topological polar surface area (TPSA) is 74.7 Å². The zero-order valence-corrected chi connectivity index (χ0v) is 23.5. The van der Waals surface area contributed by atoms with E-state index < -0.39 is 5.82 Å². The molecule has 210 valence electrons. The van der Waals surface area contributed by atoms with Crippen LogP contribution < -0.4 is 9.64 Å². The highest BCUT2D eigenvalue weighted by Gasteiger charge is 2.49. The average Bonchev–Trinajstić information content (AvgIpc) is 3.53. The van der Waals surface area contributed by atoms with Gasteiger partial charge in [-0.25, -0.2) is 9.37 Å². The molecule has 7 rings (SSSR count). The summed E-state index contributed by atoms with van der Waals surface area (Å²) in [6, 6.07) is 13.4. The number of halogens is 2. The van der Waals surface area contributed by atoms with Crippen molar-refractivity contribution in [2.24, 2.45) is 0 Å². The second-order valence-corrected chi connectivity index (χ2v) is 11.5. The largest absolute Gasteiger partial charge is 0.462 e. The molecule has 10 heteroatoms. The number of hydrogen-bond acceptors (Lipinski definition) is 7. The van der Waals surface area contributed by atoms with Gasteiger partial charge in [-0.1, -0.05) is 48.5 Å². The van der Waals surface area contributed by atoms with Crippen LogP contribution in [0.2, 0.25) is 5.02 Å². The molecule has 41 heavy (non-hydrogen) atoms. The van der Waals surface area contributed by atoms with E-state index in [9.17, 15) is 4.79 Å². The molecule has 2 aromatic heterocycles. The Hall–Kier alpha value is -3.82. The van der Waals surface area contributed by atoms with Crippen LogP contribution in [0.5, 0.6) is 6.01 Å². The van der Waals surface area contributed by atoms with Crippen LogP contribution in [0.4, 0.5) is 10.2 Å². The first-order valence-corrected chi connectivity index (χ1v) is 14.4. The second kappa shape index (κ2) is 10.2. The first-order valence-electron chi connectivity index (χ1n) is 14.0. The lowest BCUT2D eigenvalue weighted by molar-refractivity contribution is -0.127. The second-order valence-electron chi connectivity index (χ2n) is 11.1. The minimum atomic E-state index is -0.483. The van der Waals surface area contributed by atoms with Crippen molar-refractivity contribution in [2.45, 2.75) is 37.4 Å². The van der Waals surface area contributed by atoms with Gasteiger partial charge < -0.3 is 19.4 Å². The van der Waals surface area contributed by atoms with Crippen LogP contribution in [0.3, 0.4) is 0 Å². The Labute approximate surface area is 242 Å². The summed E-state index contributed by atoms with van der Waals surface area (Å²) in [6.45, 7) is 6.37. The maximum Gasteiger partial charge on any atom is 0.320 e. The molecule has 0 N–H and O–H groups in total. The smallest absolute Gasteiger partial charge is 0.320 e. The van der Waals surface area contributed by atoms with Crippen LogP contribution in [0, 0.1) is 5.82 Å². The predicted molar refractivity (Wildman–Crippen MR) is 158 cm³/mol. The molecule has 3 fully saturated rings. The van der Waals surface area contributed by atoms with Crippen molar-refractivity contribution in [1.82, 2.24) is 24.8 Å². The van der Waals surface area contributed by atoms with E-state index in [0.717, 1.165) is 36.6 Å². The van der Waals surface area contributed by atoms with Gasteiger partial charge >= 0.3 is 6.01 Å². The summed E-state index contributed by atoms with van der Waals surface area (Å²) < 4.78 is 22.1. The number of nitrogens with zero attached hydrogens (tertiary/aromatic N) is 6. The molecule has 3 saturated heterocycles. The highest BCUT2D eigenvalue weighted by atomic mass is 35.5. The maximum atomic E-state index is 15.9. The van der Waals surface area contributed by atoms with Crippen LogP contribution >= 0.6 is 11.6 Å². The number of hydrogen-bond donors (Lipinski definition) is 0. The average molecular weight is 573 g/mol. The summed E-state index contributed by atoms with van der Waals surface area (Å²) in [4.78, 5) is 32.8. The first kappa shape index (κ1) is 26.1. The minimum Gasteiger partial charge on any atom is -0.462 e. The van der Waals surface area contributed by atoms with Gasteiger partial charge in [0.15, 0.2) is 5.65 Å². The van der Waals surface area contributed by atoms with Crippen molar-refractivity contribution in [1.29, 1.82) is 0 Å². The molecule has 5 heterocycles. The van der Waals surface area contributed by atoms with E-state index in [1.165, 1.54) is 12.1 Å². The number of amides is 1. The molecule has 0 saturated carbocycles. The fourth-order valence-electron chi connectivity index (χ4n) is 6.58. The number of pyridine rings is 1. The molecule has 0 bridgehead atoms. The number of likely N-dealkylation sites (tertiary alicyclic amines) is 2. The van der Waals surface area contributed by atoms with E-state index in [1.54, 1.807) is 6.07 Å². The van der Waals surface area contributed by atoms with Gasteiger partial charge in [-0.15, -0.1) is 0 Å². The first-order chi connectivity index (χ1) is 19.9. The van der Waals surface area contributed by atoms with E-state index in [-0.39, 0.29) is 35.7 Å². The molecular formula is C31H30ClFN6O2. The summed E-state index contributed by atoms with van der Waals surface area (Å²) in [5, 5.41) is 2.67. The van der Waals surface area contributed by atoms with Crippen LogP contribution in [-0.2, 0) is 4.79 Å². The summed E-state index contributed by atoms with van der Waals surface area (Å²) in [5.41, 5.74) is 1.12. The third-order valence-corrected chi connectivity index (χ3v) is 9.12. The van der Waals surface area contributed by atoms with Gasteiger partial charge in [0, 0.05) is 35.1 Å². The van der Waals surface area contributed by atoms with Crippen LogP contribution in [0.25, 0.3) is 33.1 Å². The standard InChI is InChI=1S/C31H30ClFN6O2/c1-3-26(40)38-14-12-24-25(38)16-39(24)30-21-15-23(33)28(20-10-4-7-18-8-5-11-22(32)27(18)20)34-29(21)35-31(36-30)41-17-19-9-6-13-37(19)2/h3-5,7-8,10-11,15,19,24-25H,1,6,9,12-14,16-17H2,2H3/t19?,24-,25-/m1/s1. The molecule has 2 aromatic carbocycles. The van der Waals surface area contributed by atoms with Crippen molar-refractivity contribution in [2.75, 3.05) is 38.2 Å². The van der Waals surface area contributed by atoms with Gasteiger partial charge in [-0.05, 0) is 56.4 Å². The Morgan fingerprint density at radius 2 is 1.98 bits per heavy atom. The Bertz CT molecular complexity index is 1690. The number of carbonyl (C=O) groups is 1. The number of rotatable bonds is 6. The van der Waals surface area contributed by atoms with E-state index in [0.29, 0.717) is 47.1 Å². The Balaban J connectivity index is 1.32. The van der Waals surface area contributed by atoms with Gasteiger partial charge in [0.25, 0.3) is 0 Å². The van der Waals surface area contributed by atoms with E-state index in [1.807, 2.05) is 35.2 Å². The van der Waals surface area contributed by atoms with E-state index in [2.05, 4.69) is 28.4 Å². The van der Waals surface area contributed by atoms with Crippen LogP contribution in [0.15, 0.2) is 55.1 Å². The number of carbonyl (C=O) groups excluding carboxylic acids is 1. The van der Waals surface area contributed by atoms with Gasteiger partial charge in [-0.3, -0.25) is 4.79 Å². The molecule has 3 aliphatic heterocycles. The molecule has 0 radical (unpaired) electrons. The van der Waals surface area contributed by atoms with Crippen molar-refractivity contribution < 1.29 is 13.9 Å². The molecular weight excluding hydrogens is 543 g/mol.